The molecule has 21 heavy (non-hydrogen) atoms. The molecule has 116 valence electrons. The second-order valence-corrected chi connectivity index (χ2v) is 5.90. The van der Waals surface area contributed by atoms with Gasteiger partial charge in [0.25, 0.3) is 0 Å². The molecule has 7 heteroatoms. The van der Waals surface area contributed by atoms with Crippen LogP contribution in [0, 0.1) is 0 Å². The van der Waals surface area contributed by atoms with Crippen molar-refractivity contribution in [3.05, 3.63) is 11.9 Å². The van der Waals surface area contributed by atoms with Crippen LogP contribution in [0.25, 0.3) is 0 Å². The maximum atomic E-state index is 5.53. The van der Waals surface area contributed by atoms with E-state index in [1.54, 1.807) is 7.11 Å². The molecule has 2 fully saturated rings. The third kappa shape index (κ3) is 2.95. The van der Waals surface area contributed by atoms with Crippen LogP contribution >= 0.6 is 0 Å². The van der Waals surface area contributed by atoms with Gasteiger partial charge in [0, 0.05) is 38.3 Å². The maximum Gasteiger partial charge on any atom is 0.158 e. The summed E-state index contributed by atoms with van der Waals surface area (Å²) in [5.41, 5.74) is 2.62. The number of ether oxygens (including phenoxy) is 1. The van der Waals surface area contributed by atoms with Gasteiger partial charge in [0.15, 0.2) is 5.82 Å². The molecule has 0 aromatic carbocycles. The molecule has 1 aromatic heterocycles. The monoisotopic (exact) mass is 292 g/mol. The number of rotatable bonds is 4. The summed E-state index contributed by atoms with van der Waals surface area (Å²) in [6, 6.07) is 3.01. The van der Waals surface area contributed by atoms with Gasteiger partial charge >= 0.3 is 0 Å². The number of aromatic nitrogens is 2. The van der Waals surface area contributed by atoms with E-state index in [4.69, 9.17) is 10.6 Å². The van der Waals surface area contributed by atoms with Gasteiger partial charge in [-0.1, -0.05) is 0 Å². The highest BCUT2D eigenvalue weighted by Crippen LogP contribution is 2.28. The average Bonchev–Trinajstić information content (AvgIpc) is 2.93. The minimum Gasteiger partial charge on any atom is -0.377 e. The number of hydrazine groups is 1. The number of hydrogen-bond acceptors (Lipinski definition) is 7. The van der Waals surface area contributed by atoms with Crippen LogP contribution in [0.5, 0.6) is 0 Å². The molecule has 2 saturated heterocycles. The predicted molar refractivity (Wildman–Crippen MR) is 82.0 cm³/mol. The topological polar surface area (TPSA) is 79.5 Å². The lowest BCUT2D eigenvalue weighted by atomic mass is 10.1. The van der Waals surface area contributed by atoms with E-state index in [1.807, 2.05) is 6.07 Å². The van der Waals surface area contributed by atoms with Crippen molar-refractivity contribution in [2.24, 2.45) is 5.84 Å². The number of fused-ring (bicyclic) bond motifs is 1. The number of anilines is 2. The number of piperazine rings is 1. The van der Waals surface area contributed by atoms with Gasteiger partial charge in [-0.15, -0.1) is 0 Å². The summed E-state index contributed by atoms with van der Waals surface area (Å²) in [6.07, 6.45) is 2.58. The lowest BCUT2D eigenvalue weighted by Crippen LogP contribution is -2.55. The first kappa shape index (κ1) is 14.5. The Morgan fingerprint density at radius 3 is 3.05 bits per heavy atom. The lowest BCUT2D eigenvalue weighted by Gasteiger charge is -2.43. The smallest absolute Gasteiger partial charge is 0.158 e. The van der Waals surface area contributed by atoms with E-state index in [0.717, 1.165) is 18.9 Å². The normalized spacial score (nSPS) is 26.0. The zero-order valence-electron chi connectivity index (χ0n) is 12.7. The summed E-state index contributed by atoms with van der Waals surface area (Å²) < 4.78 is 5.15. The zero-order chi connectivity index (χ0) is 14.8. The van der Waals surface area contributed by atoms with Crippen molar-refractivity contribution in [1.82, 2.24) is 14.9 Å². The van der Waals surface area contributed by atoms with Crippen LogP contribution < -0.4 is 16.2 Å². The predicted octanol–water partition coefficient (Wildman–Crippen LogP) is 0.582. The number of nitrogens with two attached hydrogens (primary N) is 1. The quantitative estimate of drug-likeness (QED) is 0.621. The summed E-state index contributed by atoms with van der Waals surface area (Å²) in [6.45, 7) is 5.99. The van der Waals surface area contributed by atoms with Crippen LogP contribution in [-0.2, 0) is 11.3 Å². The number of nitrogens with zero attached hydrogens (tertiary/aromatic N) is 4. The van der Waals surface area contributed by atoms with Crippen molar-refractivity contribution in [1.29, 1.82) is 0 Å². The summed E-state index contributed by atoms with van der Waals surface area (Å²) in [5, 5.41) is 0. The molecule has 0 spiro atoms. The fraction of sp³-hybridized carbons (Fsp3) is 0.714. The van der Waals surface area contributed by atoms with E-state index in [1.165, 1.54) is 19.4 Å². The summed E-state index contributed by atoms with van der Waals surface area (Å²) >= 11 is 0. The van der Waals surface area contributed by atoms with Crippen LogP contribution in [0.2, 0.25) is 0 Å². The highest BCUT2D eigenvalue weighted by molar-refractivity contribution is 5.50. The van der Waals surface area contributed by atoms with Crippen LogP contribution in [0.1, 0.15) is 25.6 Å². The van der Waals surface area contributed by atoms with E-state index >= 15 is 0 Å². The van der Waals surface area contributed by atoms with Gasteiger partial charge in [0.2, 0.25) is 0 Å². The summed E-state index contributed by atoms with van der Waals surface area (Å²) in [7, 11) is 1.64. The Labute approximate surface area is 125 Å². The molecule has 0 radical (unpaired) electrons. The third-order valence-electron chi connectivity index (χ3n) is 4.41. The Morgan fingerprint density at radius 2 is 2.29 bits per heavy atom. The van der Waals surface area contributed by atoms with Crippen molar-refractivity contribution in [2.75, 3.05) is 37.1 Å². The first-order valence-electron chi connectivity index (χ1n) is 7.55. The average molecular weight is 292 g/mol. The number of methoxy groups -OCH3 is 1. The van der Waals surface area contributed by atoms with Crippen LogP contribution in [0.4, 0.5) is 11.6 Å². The Balaban J connectivity index is 1.85. The Morgan fingerprint density at radius 1 is 1.43 bits per heavy atom. The summed E-state index contributed by atoms with van der Waals surface area (Å²) in [4.78, 5) is 13.9. The molecule has 3 heterocycles. The SMILES string of the molecule is COCc1nc(NN)cc(N2CC3CCCN3CC2C)n1. The minimum absolute atomic E-state index is 0.389. The van der Waals surface area contributed by atoms with Gasteiger partial charge in [-0.3, -0.25) is 4.90 Å². The molecule has 0 bridgehead atoms. The van der Waals surface area contributed by atoms with Crippen molar-refractivity contribution >= 4 is 11.6 Å². The third-order valence-corrected chi connectivity index (χ3v) is 4.41. The van der Waals surface area contributed by atoms with Crippen molar-refractivity contribution in [2.45, 2.75) is 38.5 Å². The molecule has 2 aliphatic heterocycles. The molecule has 2 unspecified atom stereocenters. The van der Waals surface area contributed by atoms with E-state index in [2.05, 4.69) is 32.1 Å². The molecule has 3 N–H and O–H groups in total. The van der Waals surface area contributed by atoms with E-state index < -0.39 is 0 Å². The highest BCUT2D eigenvalue weighted by Gasteiger charge is 2.35. The van der Waals surface area contributed by atoms with Crippen molar-refractivity contribution in [3.8, 4) is 0 Å². The fourth-order valence-corrected chi connectivity index (χ4v) is 3.40. The molecule has 0 amide bonds. The molecule has 1 aromatic rings. The second kappa shape index (κ2) is 6.13. The van der Waals surface area contributed by atoms with Gasteiger partial charge < -0.3 is 15.1 Å². The first-order chi connectivity index (χ1) is 10.2. The number of nitrogens with one attached hydrogen (secondary N) is 1. The van der Waals surface area contributed by atoms with Crippen LogP contribution in [0.15, 0.2) is 6.07 Å². The first-order valence-corrected chi connectivity index (χ1v) is 7.55. The van der Waals surface area contributed by atoms with Gasteiger partial charge in [-0.2, -0.15) is 0 Å². The standard InChI is InChI=1S/C14H24N6O/c1-10-7-19-5-3-4-11(19)8-20(10)14-6-12(18-15)16-13(17-14)9-21-2/h6,10-11H,3-5,7-9,15H2,1-2H3,(H,16,17,18). The Bertz CT molecular complexity index is 496. The zero-order valence-corrected chi connectivity index (χ0v) is 12.7. The highest BCUT2D eigenvalue weighted by atomic mass is 16.5. The van der Waals surface area contributed by atoms with E-state index in [0.29, 0.717) is 30.3 Å². The lowest BCUT2D eigenvalue weighted by molar-refractivity contribution is 0.177. The van der Waals surface area contributed by atoms with Crippen LogP contribution in [0.3, 0.4) is 0 Å². The van der Waals surface area contributed by atoms with Gasteiger partial charge in [0.1, 0.15) is 18.2 Å². The van der Waals surface area contributed by atoms with Gasteiger partial charge in [-0.25, -0.2) is 15.8 Å². The molecule has 0 saturated carbocycles. The molecule has 7 nitrogen and oxygen atoms in total. The molecular formula is C14H24N6O. The maximum absolute atomic E-state index is 5.53. The van der Waals surface area contributed by atoms with Crippen molar-refractivity contribution < 1.29 is 4.74 Å². The number of hydrogen-bond donors (Lipinski definition) is 2. The largest absolute Gasteiger partial charge is 0.377 e. The van der Waals surface area contributed by atoms with Gasteiger partial charge in [0.05, 0.1) is 0 Å². The molecule has 3 rings (SSSR count). The fourth-order valence-electron chi connectivity index (χ4n) is 3.40. The van der Waals surface area contributed by atoms with Crippen LogP contribution in [-0.4, -0.2) is 53.7 Å². The Kier molecular flexibility index (Phi) is 4.23. The summed E-state index contributed by atoms with van der Waals surface area (Å²) in [5.74, 6) is 7.75. The second-order valence-electron chi connectivity index (χ2n) is 5.90. The van der Waals surface area contributed by atoms with E-state index in [9.17, 15) is 0 Å². The molecule has 2 atom stereocenters. The van der Waals surface area contributed by atoms with Gasteiger partial charge in [-0.05, 0) is 26.3 Å². The minimum atomic E-state index is 0.389. The number of nitrogen functional groups attached to an aromatic ring is 1. The molecule has 0 aliphatic carbocycles. The molecular weight excluding hydrogens is 268 g/mol. The van der Waals surface area contributed by atoms with Crippen molar-refractivity contribution in [3.63, 3.8) is 0 Å². The Hall–Kier alpha value is -1.44. The van der Waals surface area contributed by atoms with E-state index in [-0.39, 0.29) is 0 Å². The molecule has 2 aliphatic rings.